The minimum absolute atomic E-state index is 0.504. The summed E-state index contributed by atoms with van der Waals surface area (Å²) in [5, 5.41) is 8.73. The molecule has 0 saturated heterocycles. The van der Waals surface area contributed by atoms with Crippen LogP contribution in [0.2, 0.25) is 0 Å². The Labute approximate surface area is 65.6 Å². The van der Waals surface area contributed by atoms with E-state index in [1.165, 1.54) is 0 Å². The first kappa shape index (κ1) is 8.63. The normalized spacial score (nSPS) is 10.7. The average molecular weight is 178 g/mol. The molecule has 1 heterocycles. The molecule has 0 aromatic carbocycles. The molecule has 0 aliphatic rings. The van der Waals surface area contributed by atoms with Crippen molar-refractivity contribution in [1.29, 1.82) is 0 Å². The van der Waals surface area contributed by atoms with Crippen LogP contribution in [0, 0.1) is 5.82 Å². The molecule has 0 spiro atoms. The van der Waals surface area contributed by atoms with Crippen molar-refractivity contribution in [2.75, 3.05) is 5.73 Å². The summed E-state index contributed by atoms with van der Waals surface area (Å²) >= 11 is 0. The van der Waals surface area contributed by atoms with Crippen molar-refractivity contribution in [3.05, 3.63) is 17.6 Å². The zero-order valence-corrected chi connectivity index (χ0v) is 5.76. The number of rotatable bonds is 1. The van der Waals surface area contributed by atoms with Gasteiger partial charge in [-0.1, -0.05) is 0 Å². The number of pyridine rings is 1. The van der Waals surface area contributed by atoms with Gasteiger partial charge >= 0.3 is 0 Å². The summed E-state index contributed by atoms with van der Waals surface area (Å²) in [5.74, 6) is -2.42. The van der Waals surface area contributed by atoms with Crippen LogP contribution in [-0.4, -0.2) is 10.1 Å². The molecule has 0 amide bonds. The number of aromatic hydroxyl groups is 1. The third-order valence-corrected chi connectivity index (χ3v) is 1.22. The molecule has 0 bridgehead atoms. The molecule has 1 aromatic heterocycles. The van der Waals surface area contributed by atoms with E-state index in [4.69, 9.17) is 10.8 Å². The van der Waals surface area contributed by atoms with Crippen LogP contribution in [0.25, 0.3) is 0 Å². The Hall–Kier alpha value is -1.46. The molecule has 1 aromatic rings. The quantitative estimate of drug-likeness (QED) is 0.684. The van der Waals surface area contributed by atoms with Gasteiger partial charge in [-0.2, -0.15) is 0 Å². The average Bonchev–Trinajstić information content (AvgIpc) is 1.96. The molecule has 3 nitrogen and oxygen atoms in total. The van der Waals surface area contributed by atoms with Gasteiger partial charge in [-0.3, -0.25) is 0 Å². The molecule has 0 radical (unpaired) electrons. The van der Waals surface area contributed by atoms with Gasteiger partial charge in [-0.15, -0.1) is 0 Å². The fraction of sp³-hybridized carbons (Fsp3) is 0.167. The van der Waals surface area contributed by atoms with Gasteiger partial charge in [0.25, 0.3) is 6.43 Å². The molecule has 66 valence electrons. The molecular formula is C6H5F3N2O. The molecule has 0 fully saturated rings. The number of nitrogen functional groups attached to an aromatic ring is 1. The fourth-order valence-corrected chi connectivity index (χ4v) is 0.661. The molecule has 6 heteroatoms. The van der Waals surface area contributed by atoms with Crippen LogP contribution >= 0.6 is 0 Å². The van der Waals surface area contributed by atoms with Crippen LogP contribution in [0.1, 0.15) is 12.1 Å². The third-order valence-electron chi connectivity index (χ3n) is 1.22. The van der Waals surface area contributed by atoms with Gasteiger partial charge < -0.3 is 10.8 Å². The van der Waals surface area contributed by atoms with Gasteiger partial charge in [-0.05, 0) is 0 Å². The highest BCUT2D eigenvalue weighted by molar-refractivity contribution is 5.45. The maximum absolute atomic E-state index is 12.5. The molecule has 0 unspecified atom stereocenters. The minimum atomic E-state index is -3.03. The van der Waals surface area contributed by atoms with Crippen LogP contribution in [0.4, 0.5) is 19.0 Å². The van der Waals surface area contributed by atoms with Gasteiger partial charge in [0.1, 0.15) is 5.69 Å². The van der Waals surface area contributed by atoms with Crippen molar-refractivity contribution in [1.82, 2.24) is 4.98 Å². The lowest BCUT2D eigenvalue weighted by Gasteiger charge is -2.03. The Balaban J connectivity index is 3.23. The van der Waals surface area contributed by atoms with Crippen molar-refractivity contribution < 1.29 is 18.3 Å². The number of nitrogens with zero attached hydrogens (tertiary/aromatic N) is 1. The van der Waals surface area contributed by atoms with Gasteiger partial charge in [0.2, 0.25) is 0 Å². The van der Waals surface area contributed by atoms with E-state index < -0.39 is 29.5 Å². The smallest absolute Gasteiger partial charge is 0.283 e. The van der Waals surface area contributed by atoms with E-state index in [2.05, 4.69) is 4.98 Å². The van der Waals surface area contributed by atoms with Gasteiger partial charge in [-0.25, -0.2) is 18.2 Å². The molecule has 12 heavy (non-hydrogen) atoms. The largest absolute Gasteiger partial charge is 0.504 e. The minimum Gasteiger partial charge on any atom is -0.504 e. The second-order valence-electron chi connectivity index (χ2n) is 2.06. The molecule has 1 rings (SSSR count). The van der Waals surface area contributed by atoms with Crippen molar-refractivity contribution in [3.63, 3.8) is 0 Å². The maximum atomic E-state index is 12.5. The molecule has 0 aliphatic heterocycles. The Morgan fingerprint density at radius 1 is 1.50 bits per heavy atom. The Kier molecular flexibility index (Phi) is 2.07. The van der Waals surface area contributed by atoms with E-state index in [0.29, 0.717) is 6.07 Å². The first-order valence-corrected chi connectivity index (χ1v) is 2.95. The fourth-order valence-electron chi connectivity index (χ4n) is 0.661. The summed E-state index contributed by atoms with van der Waals surface area (Å²) in [7, 11) is 0. The zero-order valence-electron chi connectivity index (χ0n) is 5.76. The molecule has 3 N–H and O–H groups in total. The first-order valence-electron chi connectivity index (χ1n) is 2.95. The summed E-state index contributed by atoms with van der Waals surface area (Å²) in [6.45, 7) is 0. The summed E-state index contributed by atoms with van der Waals surface area (Å²) in [6.07, 6.45) is -3.03. The standard InChI is InChI=1S/C6H5F3N2O/c7-2-1-3(12)6(10)11-4(2)5(8)9/h1,5,12H,(H2,10,11). The van der Waals surface area contributed by atoms with E-state index in [1.807, 2.05) is 0 Å². The number of anilines is 1. The topological polar surface area (TPSA) is 59.1 Å². The lowest BCUT2D eigenvalue weighted by molar-refractivity contribution is 0.140. The number of halogens is 3. The van der Waals surface area contributed by atoms with Crippen molar-refractivity contribution in [2.24, 2.45) is 0 Å². The highest BCUT2D eigenvalue weighted by atomic mass is 19.3. The number of hydrogen-bond acceptors (Lipinski definition) is 3. The van der Waals surface area contributed by atoms with Gasteiger partial charge in [0, 0.05) is 6.07 Å². The molecule has 0 saturated carbocycles. The number of aromatic nitrogens is 1. The third kappa shape index (κ3) is 1.41. The summed E-state index contributed by atoms with van der Waals surface area (Å²) < 4.78 is 36.3. The van der Waals surface area contributed by atoms with Crippen LogP contribution in [0.3, 0.4) is 0 Å². The molecule has 0 atom stereocenters. The van der Waals surface area contributed by atoms with Crippen LogP contribution < -0.4 is 5.73 Å². The number of hydrogen-bond donors (Lipinski definition) is 2. The van der Waals surface area contributed by atoms with Crippen LogP contribution in [0.15, 0.2) is 6.07 Å². The zero-order chi connectivity index (χ0) is 9.30. The number of alkyl halides is 2. The second kappa shape index (κ2) is 2.88. The summed E-state index contributed by atoms with van der Waals surface area (Å²) in [4.78, 5) is 2.97. The van der Waals surface area contributed by atoms with Crippen molar-refractivity contribution in [3.8, 4) is 5.75 Å². The van der Waals surface area contributed by atoms with Crippen LogP contribution in [0.5, 0.6) is 5.75 Å². The van der Waals surface area contributed by atoms with Crippen LogP contribution in [-0.2, 0) is 0 Å². The monoisotopic (exact) mass is 178 g/mol. The van der Waals surface area contributed by atoms with E-state index in [1.54, 1.807) is 0 Å². The SMILES string of the molecule is Nc1nc(C(F)F)c(F)cc1O. The molecular weight excluding hydrogens is 173 g/mol. The second-order valence-corrected chi connectivity index (χ2v) is 2.06. The maximum Gasteiger partial charge on any atom is 0.283 e. The van der Waals surface area contributed by atoms with Crippen molar-refractivity contribution in [2.45, 2.75) is 6.43 Å². The lowest BCUT2D eigenvalue weighted by atomic mass is 10.3. The van der Waals surface area contributed by atoms with Gasteiger partial charge in [0.15, 0.2) is 17.4 Å². The van der Waals surface area contributed by atoms with E-state index in [0.717, 1.165) is 0 Å². The lowest BCUT2D eigenvalue weighted by Crippen LogP contribution is -2.00. The molecule has 0 aliphatic carbocycles. The first-order chi connectivity index (χ1) is 5.52. The van der Waals surface area contributed by atoms with E-state index in [-0.39, 0.29) is 0 Å². The van der Waals surface area contributed by atoms with E-state index >= 15 is 0 Å². The summed E-state index contributed by atoms with van der Waals surface area (Å²) in [5.41, 5.74) is 3.92. The Morgan fingerprint density at radius 3 is 2.58 bits per heavy atom. The summed E-state index contributed by atoms with van der Waals surface area (Å²) in [6, 6.07) is 0.504. The number of nitrogens with two attached hydrogens (primary N) is 1. The predicted molar refractivity (Wildman–Crippen MR) is 35.2 cm³/mol. The van der Waals surface area contributed by atoms with Gasteiger partial charge in [0.05, 0.1) is 0 Å². The highest BCUT2D eigenvalue weighted by Crippen LogP contribution is 2.26. The van der Waals surface area contributed by atoms with E-state index in [9.17, 15) is 13.2 Å². The van der Waals surface area contributed by atoms with Crippen molar-refractivity contribution >= 4 is 5.82 Å². The highest BCUT2D eigenvalue weighted by Gasteiger charge is 2.17. The Morgan fingerprint density at radius 2 is 2.08 bits per heavy atom. The Bertz CT molecular complexity index is 303. The predicted octanol–water partition coefficient (Wildman–Crippen LogP) is 1.45.